The van der Waals surface area contributed by atoms with Gasteiger partial charge in [0.2, 0.25) is 0 Å². The monoisotopic (exact) mass is 479 g/mol. The van der Waals surface area contributed by atoms with Gasteiger partial charge in [0, 0.05) is 29.7 Å². The van der Waals surface area contributed by atoms with Crippen molar-refractivity contribution < 1.29 is 19.4 Å². The highest BCUT2D eigenvalue weighted by Gasteiger charge is 2.52. The van der Waals surface area contributed by atoms with E-state index >= 15 is 0 Å². The maximum Gasteiger partial charge on any atom is 0.341 e. The average molecular weight is 480 g/mol. The molecule has 3 aliphatic rings. The third-order valence-electron chi connectivity index (χ3n) is 6.92. The van der Waals surface area contributed by atoms with Crippen LogP contribution >= 0.6 is 12.6 Å². The van der Waals surface area contributed by atoms with Crippen LogP contribution < -0.4 is 0 Å². The Kier molecular flexibility index (Phi) is 9.08. The van der Waals surface area contributed by atoms with Crippen LogP contribution in [0.2, 0.25) is 0 Å². The van der Waals surface area contributed by atoms with E-state index in [9.17, 15) is 9.90 Å². The van der Waals surface area contributed by atoms with Gasteiger partial charge in [0.25, 0.3) is 0 Å². The SMILES string of the molecule is CC(C)c1nc2c(c3c1C(=O)OC31CCOCC1)C(O)CC(C)(C)C2.CCC(C)(C)C.CS. The van der Waals surface area contributed by atoms with Gasteiger partial charge in [0.15, 0.2) is 0 Å². The summed E-state index contributed by atoms with van der Waals surface area (Å²) in [6.45, 7) is 18.5. The van der Waals surface area contributed by atoms with Crippen LogP contribution in [0.5, 0.6) is 0 Å². The van der Waals surface area contributed by atoms with Crippen molar-refractivity contribution in [2.45, 2.75) is 105 Å². The van der Waals surface area contributed by atoms with E-state index in [0.717, 1.165) is 28.9 Å². The van der Waals surface area contributed by atoms with Crippen molar-refractivity contribution in [3.8, 4) is 0 Å². The maximum absolute atomic E-state index is 12.8. The molecule has 0 amide bonds. The molecule has 1 atom stereocenters. The number of carbonyl (C=O) groups is 1. The Labute approximate surface area is 206 Å². The number of thiol groups is 1. The molecule has 33 heavy (non-hydrogen) atoms. The van der Waals surface area contributed by atoms with E-state index in [2.05, 4.69) is 68.0 Å². The second kappa shape index (κ2) is 10.7. The third-order valence-corrected chi connectivity index (χ3v) is 6.92. The maximum atomic E-state index is 12.8. The molecule has 0 aromatic carbocycles. The van der Waals surface area contributed by atoms with E-state index in [4.69, 9.17) is 14.5 Å². The van der Waals surface area contributed by atoms with Crippen LogP contribution in [0.15, 0.2) is 0 Å². The predicted octanol–water partition coefficient (Wildman–Crippen LogP) is 6.38. The number of carbonyl (C=O) groups excluding carboxylic acids is 1. The lowest BCUT2D eigenvalue weighted by Gasteiger charge is -2.39. The van der Waals surface area contributed by atoms with Crippen molar-refractivity contribution >= 4 is 18.6 Å². The molecular weight excluding hydrogens is 434 g/mol. The number of aromatic nitrogens is 1. The van der Waals surface area contributed by atoms with Gasteiger partial charge in [-0.15, -0.1) is 0 Å². The molecule has 1 N–H and O–H groups in total. The summed E-state index contributed by atoms with van der Waals surface area (Å²) in [6, 6.07) is 0. The molecule has 0 bridgehead atoms. The first kappa shape index (κ1) is 28.1. The third kappa shape index (κ3) is 6.12. The molecule has 1 aromatic rings. The molecule has 0 saturated carbocycles. The summed E-state index contributed by atoms with van der Waals surface area (Å²) < 4.78 is 11.5. The Balaban J connectivity index is 0.000000421. The minimum absolute atomic E-state index is 0.00574. The fraction of sp³-hybridized carbons (Fsp3) is 0.778. The summed E-state index contributed by atoms with van der Waals surface area (Å²) in [5.41, 5.74) is 4.01. The number of aliphatic hydroxyl groups excluding tert-OH is 1. The van der Waals surface area contributed by atoms with Crippen molar-refractivity contribution in [1.29, 1.82) is 0 Å². The van der Waals surface area contributed by atoms with Crippen LogP contribution in [-0.2, 0) is 21.5 Å². The van der Waals surface area contributed by atoms with Crippen LogP contribution in [0.25, 0.3) is 0 Å². The lowest BCUT2D eigenvalue weighted by Crippen LogP contribution is -2.37. The van der Waals surface area contributed by atoms with Gasteiger partial charge in [0.05, 0.1) is 30.6 Å². The second-order valence-corrected chi connectivity index (χ2v) is 11.7. The molecule has 1 aromatic heterocycles. The first-order valence-electron chi connectivity index (χ1n) is 12.3. The van der Waals surface area contributed by atoms with Crippen LogP contribution in [0, 0.1) is 10.8 Å². The van der Waals surface area contributed by atoms with Crippen molar-refractivity contribution in [3.63, 3.8) is 0 Å². The Bertz CT molecular complexity index is 836. The summed E-state index contributed by atoms with van der Waals surface area (Å²) >= 11 is 3.53. The molecule has 188 valence electrons. The first-order chi connectivity index (χ1) is 15.3. The van der Waals surface area contributed by atoms with E-state index < -0.39 is 11.7 Å². The topological polar surface area (TPSA) is 68.7 Å². The molecule has 3 heterocycles. The van der Waals surface area contributed by atoms with Crippen molar-refractivity contribution in [3.05, 3.63) is 28.1 Å². The molecular formula is C27H45NO4S. The molecule has 0 radical (unpaired) electrons. The number of hydrogen-bond donors (Lipinski definition) is 2. The highest BCUT2D eigenvalue weighted by atomic mass is 32.1. The van der Waals surface area contributed by atoms with Crippen molar-refractivity contribution in [2.24, 2.45) is 10.8 Å². The molecule has 6 heteroatoms. The van der Waals surface area contributed by atoms with Gasteiger partial charge in [0.1, 0.15) is 5.60 Å². The van der Waals surface area contributed by atoms with Gasteiger partial charge >= 0.3 is 5.97 Å². The standard InChI is InChI=1S/C20H27NO4.C6H14.CH4S/c1-11(2)17-15-16(20(25-18(15)23)5-7-24-8-6-20)14-12(21-17)9-19(3,4)10-13(14)22;1-5-6(2,3)4;1-2/h11,13,22H,5-10H2,1-4H3;5H2,1-4H3;2H,1H3. The molecule has 1 spiro atoms. The predicted molar refractivity (Wildman–Crippen MR) is 137 cm³/mol. The van der Waals surface area contributed by atoms with E-state index in [1.54, 1.807) is 6.26 Å². The van der Waals surface area contributed by atoms with Gasteiger partial charge in [-0.05, 0) is 35.8 Å². The minimum Gasteiger partial charge on any atom is -0.450 e. The van der Waals surface area contributed by atoms with Gasteiger partial charge in [-0.3, -0.25) is 4.98 Å². The number of esters is 1. The smallest absolute Gasteiger partial charge is 0.341 e. The molecule has 4 rings (SSSR count). The zero-order chi connectivity index (χ0) is 25.2. The Morgan fingerprint density at radius 1 is 1.18 bits per heavy atom. The highest BCUT2D eigenvalue weighted by molar-refractivity contribution is 7.79. The lowest BCUT2D eigenvalue weighted by atomic mass is 9.70. The van der Waals surface area contributed by atoms with Crippen LogP contribution in [0.1, 0.15) is 126 Å². The van der Waals surface area contributed by atoms with E-state index in [0.29, 0.717) is 43.5 Å². The van der Waals surface area contributed by atoms with Crippen molar-refractivity contribution in [2.75, 3.05) is 19.5 Å². The Morgan fingerprint density at radius 3 is 2.21 bits per heavy atom. The van der Waals surface area contributed by atoms with Crippen LogP contribution in [0.3, 0.4) is 0 Å². The van der Waals surface area contributed by atoms with Crippen LogP contribution in [-0.4, -0.2) is 35.5 Å². The fourth-order valence-corrected chi connectivity index (χ4v) is 4.74. The molecule has 2 aliphatic heterocycles. The van der Waals surface area contributed by atoms with Gasteiger partial charge in [-0.2, -0.15) is 12.6 Å². The van der Waals surface area contributed by atoms with Gasteiger partial charge < -0.3 is 14.6 Å². The molecule has 5 nitrogen and oxygen atoms in total. The molecule has 1 aliphatic carbocycles. The van der Waals surface area contributed by atoms with E-state index in [-0.39, 0.29) is 17.3 Å². The number of rotatable bonds is 1. The highest BCUT2D eigenvalue weighted by Crippen LogP contribution is 2.52. The number of aliphatic hydroxyl groups is 1. The summed E-state index contributed by atoms with van der Waals surface area (Å²) in [5.74, 6) is -0.156. The van der Waals surface area contributed by atoms with E-state index in [1.807, 2.05) is 0 Å². The molecule has 1 unspecified atom stereocenters. The normalized spacial score (nSPS) is 22.4. The van der Waals surface area contributed by atoms with Crippen LogP contribution in [0.4, 0.5) is 0 Å². The largest absolute Gasteiger partial charge is 0.450 e. The van der Waals surface area contributed by atoms with Gasteiger partial charge in [-0.25, -0.2) is 4.79 Å². The minimum atomic E-state index is -0.649. The summed E-state index contributed by atoms with van der Waals surface area (Å²) in [7, 11) is 0. The number of nitrogens with zero attached hydrogens (tertiary/aromatic N) is 1. The summed E-state index contributed by atoms with van der Waals surface area (Å²) in [4.78, 5) is 17.7. The summed E-state index contributed by atoms with van der Waals surface area (Å²) in [6.07, 6.45) is 5.15. The number of ether oxygens (including phenoxy) is 2. The number of hydrogen-bond acceptors (Lipinski definition) is 6. The molecule has 1 fully saturated rings. The second-order valence-electron chi connectivity index (χ2n) is 11.7. The number of fused-ring (bicyclic) bond motifs is 4. The lowest BCUT2D eigenvalue weighted by molar-refractivity contribution is -0.0750. The molecule has 1 saturated heterocycles. The van der Waals surface area contributed by atoms with Gasteiger partial charge in [-0.1, -0.05) is 61.8 Å². The Hall–Kier alpha value is -1.11. The number of pyridine rings is 1. The first-order valence-corrected chi connectivity index (χ1v) is 13.2. The zero-order valence-corrected chi connectivity index (χ0v) is 23.1. The van der Waals surface area contributed by atoms with Crippen molar-refractivity contribution in [1.82, 2.24) is 4.98 Å². The Morgan fingerprint density at radius 2 is 1.73 bits per heavy atom. The fourth-order valence-electron chi connectivity index (χ4n) is 4.74. The van der Waals surface area contributed by atoms with E-state index in [1.165, 1.54) is 6.42 Å². The average Bonchev–Trinajstić information content (AvgIpc) is 2.99. The summed E-state index contributed by atoms with van der Waals surface area (Å²) in [5, 5.41) is 11.0. The zero-order valence-electron chi connectivity index (χ0n) is 22.2. The quantitative estimate of drug-likeness (QED) is 0.361.